The lowest BCUT2D eigenvalue weighted by Crippen LogP contribution is -2.51. The standard InChI is InChI=1S/C24H51N7S3/c1-10-22(4,5)28-19(32)25-13-16-31(17-14-26-20(33)29-23(6,7)11-2)18-15-27-21(34)30-24(8,9)12-3/h10-18H2,1-9H3,(H2,25,28,32)(H2,26,29,33)(H2,27,30,34). The van der Waals surface area contributed by atoms with Crippen LogP contribution in [0.2, 0.25) is 0 Å². The number of rotatable bonds is 15. The predicted molar refractivity (Wildman–Crippen MR) is 161 cm³/mol. The topological polar surface area (TPSA) is 75.4 Å². The molecule has 0 aliphatic rings. The van der Waals surface area contributed by atoms with Crippen molar-refractivity contribution in [2.24, 2.45) is 0 Å². The van der Waals surface area contributed by atoms with Gasteiger partial charge in [-0.3, -0.25) is 4.90 Å². The number of nitrogens with one attached hydrogen (secondary N) is 6. The summed E-state index contributed by atoms with van der Waals surface area (Å²) < 4.78 is 0. The van der Waals surface area contributed by atoms with Gasteiger partial charge in [0.25, 0.3) is 0 Å². The highest BCUT2D eigenvalue weighted by molar-refractivity contribution is 7.80. The van der Waals surface area contributed by atoms with Gasteiger partial charge in [-0.15, -0.1) is 0 Å². The van der Waals surface area contributed by atoms with Crippen molar-refractivity contribution in [1.82, 2.24) is 36.8 Å². The van der Waals surface area contributed by atoms with Gasteiger partial charge in [0.05, 0.1) is 0 Å². The first-order valence-corrected chi connectivity index (χ1v) is 13.8. The van der Waals surface area contributed by atoms with Crippen LogP contribution < -0.4 is 31.9 Å². The first-order valence-electron chi connectivity index (χ1n) is 12.6. The summed E-state index contributed by atoms with van der Waals surface area (Å²) in [6, 6.07) is 0. The van der Waals surface area contributed by atoms with E-state index < -0.39 is 0 Å². The van der Waals surface area contributed by atoms with Crippen LogP contribution >= 0.6 is 36.7 Å². The quantitative estimate of drug-likeness (QED) is 0.177. The van der Waals surface area contributed by atoms with Gasteiger partial charge >= 0.3 is 0 Å². The second kappa shape index (κ2) is 15.9. The Balaban J connectivity index is 4.68. The van der Waals surface area contributed by atoms with Crippen molar-refractivity contribution in [3.05, 3.63) is 0 Å². The summed E-state index contributed by atoms with van der Waals surface area (Å²) in [7, 11) is 0. The van der Waals surface area contributed by atoms with Gasteiger partial charge in [0.1, 0.15) is 0 Å². The Morgan fingerprint density at radius 3 is 0.971 bits per heavy atom. The molecule has 34 heavy (non-hydrogen) atoms. The number of thiocarbonyl (C=S) groups is 3. The molecule has 0 radical (unpaired) electrons. The Bertz CT molecular complexity index is 550. The zero-order chi connectivity index (χ0) is 26.4. The molecule has 0 spiro atoms. The van der Waals surface area contributed by atoms with E-state index in [1.807, 2.05) is 0 Å². The third-order valence-corrected chi connectivity index (χ3v) is 6.89. The Kier molecular flexibility index (Phi) is 15.5. The molecule has 7 nitrogen and oxygen atoms in total. The summed E-state index contributed by atoms with van der Waals surface area (Å²) in [4.78, 5) is 2.38. The maximum absolute atomic E-state index is 5.47. The number of nitrogens with zero attached hydrogens (tertiary/aromatic N) is 1. The van der Waals surface area contributed by atoms with Crippen LogP contribution in [0.5, 0.6) is 0 Å². The minimum Gasteiger partial charge on any atom is -0.361 e. The van der Waals surface area contributed by atoms with Crippen molar-refractivity contribution < 1.29 is 0 Å². The van der Waals surface area contributed by atoms with Crippen LogP contribution in [0.3, 0.4) is 0 Å². The Labute approximate surface area is 225 Å². The van der Waals surface area contributed by atoms with E-state index in [2.05, 4.69) is 99.1 Å². The number of hydrogen-bond acceptors (Lipinski definition) is 4. The van der Waals surface area contributed by atoms with E-state index in [9.17, 15) is 0 Å². The van der Waals surface area contributed by atoms with Crippen molar-refractivity contribution >= 4 is 52.0 Å². The Morgan fingerprint density at radius 1 is 0.529 bits per heavy atom. The van der Waals surface area contributed by atoms with Crippen molar-refractivity contribution in [3.8, 4) is 0 Å². The first-order chi connectivity index (χ1) is 15.6. The van der Waals surface area contributed by atoms with E-state index in [1.54, 1.807) is 0 Å². The van der Waals surface area contributed by atoms with Crippen molar-refractivity contribution in [3.63, 3.8) is 0 Å². The summed E-state index contributed by atoms with van der Waals surface area (Å²) in [6.45, 7) is 24.2. The van der Waals surface area contributed by atoms with E-state index in [0.717, 1.165) is 58.5 Å². The van der Waals surface area contributed by atoms with Crippen LogP contribution in [-0.4, -0.2) is 76.1 Å². The van der Waals surface area contributed by atoms with Gasteiger partial charge in [0, 0.05) is 55.9 Å². The molecule has 0 rings (SSSR count). The molecule has 0 fully saturated rings. The maximum atomic E-state index is 5.47. The van der Waals surface area contributed by atoms with Gasteiger partial charge in [0.2, 0.25) is 0 Å². The fourth-order valence-electron chi connectivity index (χ4n) is 2.64. The second-order valence-corrected chi connectivity index (χ2v) is 11.9. The van der Waals surface area contributed by atoms with Gasteiger partial charge < -0.3 is 31.9 Å². The highest BCUT2D eigenvalue weighted by atomic mass is 32.1. The molecule has 0 unspecified atom stereocenters. The van der Waals surface area contributed by atoms with Gasteiger partial charge in [-0.05, 0) is 97.5 Å². The molecule has 0 bridgehead atoms. The van der Waals surface area contributed by atoms with Crippen molar-refractivity contribution in [2.75, 3.05) is 39.3 Å². The molecular formula is C24H51N7S3. The molecule has 0 aromatic heterocycles. The molecule has 0 aromatic rings. The first kappa shape index (κ1) is 33.0. The van der Waals surface area contributed by atoms with Crippen LogP contribution in [0.4, 0.5) is 0 Å². The van der Waals surface area contributed by atoms with Gasteiger partial charge in [-0.25, -0.2) is 0 Å². The molecule has 0 heterocycles. The monoisotopic (exact) mass is 533 g/mol. The van der Waals surface area contributed by atoms with Crippen LogP contribution in [-0.2, 0) is 0 Å². The van der Waals surface area contributed by atoms with E-state index >= 15 is 0 Å². The molecule has 6 N–H and O–H groups in total. The molecule has 0 saturated heterocycles. The molecule has 0 saturated carbocycles. The molecule has 0 amide bonds. The van der Waals surface area contributed by atoms with Crippen LogP contribution in [0.25, 0.3) is 0 Å². The molecule has 0 atom stereocenters. The molecule has 10 heteroatoms. The van der Waals surface area contributed by atoms with E-state index in [1.165, 1.54) is 0 Å². The van der Waals surface area contributed by atoms with Crippen LogP contribution in [0, 0.1) is 0 Å². The lowest BCUT2D eigenvalue weighted by Gasteiger charge is -2.29. The molecular weight excluding hydrogens is 483 g/mol. The Morgan fingerprint density at radius 2 is 0.765 bits per heavy atom. The fourth-order valence-corrected chi connectivity index (χ4v) is 3.77. The highest BCUT2D eigenvalue weighted by Gasteiger charge is 2.18. The molecule has 0 aliphatic carbocycles. The Hall–Kier alpha value is -0.970. The largest absolute Gasteiger partial charge is 0.361 e. The predicted octanol–water partition coefficient (Wildman–Crippen LogP) is 3.25. The maximum Gasteiger partial charge on any atom is 0.166 e. The summed E-state index contributed by atoms with van der Waals surface area (Å²) in [5, 5.41) is 22.2. The van der Waals surface area contributed by atoms with E-state index in [-0.39, 0.29) is 16.6 Å². The average Bonchev–Trinajstić information content (AvgIpc) is 2.72. The molecule has 200 valence electrons. The SMILES string of the molecule is CCC(C)(C)NC(=S)NCCN(CCNC(=S)NC(C)(C)CC)CCNC(=S)NC(C)(C)CC. The fraction of sp³-hybridized carbons (Fsp3) is 0.875. The third kappa shape index (κ3) is 16.6. The normalized spacial score (nSPS) is 12.2. The number of hydrogen-bond donors (Lipinski definition) is 6. The molecule has 0 aromatic carbocycles. The highest BCUT2D eigenvalue weighted by Crippen LogP contribution is 2.07. The summed E-state index contributed by atoms with van der Waals surface area (Å²) in [5.41, 5.74) is -0.0371. The summed E-state index contributed by atoms with van der Waals surface area (Å²) in [5.74, 6) is 0. The lowest BCUT2D eigenvalue weighted by atomic mass is 10.0. The van der Waals surface area contributed by atoms with Gasteiger partial charge in [-0.1, -0.05) is 20.8 Å². The van der Waals surface area contributed by atoms with Crippen LogP contribution in [0.1, 0.15) is 81.6 Å². The third-order valence-electron chi connectivity index (χ3n) is 6.15. The molecule has 0 aliphatic heterocycles. The van der Waals surface area contributed by atoms with Crippen molar-refractivity contribution in [1.29, 1.82) is 0 Å². The second-order valence-electron chi connectivity index (χ2n) is 10.7. The van der Waals surface area contributed by atoms with Gasteiger partial charge in [-0.2, -0.15) is 0 Å². The minimum absolute atomic E-state index is 0.0124. The zero-order valence-corrected chi connectivity index (χ0v) is 25.5. The summed E-state index contributed by atoms with van der Waals surface area (Å²) >= 11 is 16.4. The van der Waals surface area contributed by atoms with Gasteiger partial charge in [0.15, 0.2) is 15.3 Å². The minimum atomic E-state index is -0.0124. The van der Waals surface area contributed by atoms with Crippen LogP contribution in [0.15, 0.2) is 0 Å². The average molecular weight is 534 g/mol. The zero-order valence-electron chi connectivity index (χ0n) is 23.0. The smallest absolute Gasteiger partial charge is 0.166 e. The van der Waals surface area contributed by atoms with E-state index in [4.69, 9.17) is 36.7 Å². The summed E-state index contributed by atoms with van der Waals surface area (Å²) in [6.07, 6.45) is 3.01. The van der Waals surface area contributed by atoms with E-state index in [0.29, 0.717) is 15.3 Å². The lowest BCUT2D eigenvalue weighted by molar-refractivity contribution is 0.284. The van der Waals surface area contributed by atoms with Crippen molar-refractivity contribution in [2.45, 2.75) is 98.2 Å².